The van der Waals surface area contributed by atoms with Gasteiger partial charge in [0.05, 0.1) is 0 Å². The summed E-state index contributed by atoms with van der Waals surface area (Å²) >= 11 is 0. The molecule has 0 aliphatic heterocycles. The third-order valence-corrected chi connectivity index (χ3v) is 1.95. The van der Waals surface area contributed by atoms with Gasteiger partial charge in [-0.05, 0) is 24.6 Å². The number of benzene rings is 1. The van der Waals surface area contributed by atoms with Crippen molar-refractivity contribution in [3.05, 3.63) is 35.6 Å². The van der Waals surface area contributed by atoms with E-state index in [-0.39, 0.29) is 13.3 Å². The number of hydrogen-bond acceptors (Lipinski definition) is 1. The Morgan fingerprint density at radius 1 is 1.15 bits per heavy atom. The molecular weight excluding hydrogens is 165 g/mol. The maximum Gasteiger partial charge on any atom is 0.123 e. The monoisotopic (exact) mass is 183 g/mol. The molecule has 1 atom stereocenters. The standard InChI is InChI=1S/C11H16FN.H2/c1-8(2)13-9(3)10-4-6-11(12)7-5-10;/h4-9,13H,1-3H3;1H/t9-;/m0./s1. The minimum Gasteiger partial charge on any atom is -0.308 e. The molecule has 1 aromatic rings. The molecule has 1 rings (SSSR count). The largest absolute Gasteiger partial charge is 0.308 e. The van der Waals surface area contributed by atoms with Crippen LogP contribution in [0.15, 0.2) is 24.3 Å². The fourth-order valence-corrected chi connectivity index (χ4v) is 1.35. The average Bonchev–Trinajstić information content (AvgIpc) is 2.04. The van der Waals surface area contributed by atoms with E-state index in [0.717, 1.165) is 5.56 Å². The summed E-state index contributed by atoms with van der Waals surface area (Å²) < 4.78 is 12.6. The Morgan fingerprint density at radius 3 is 2.15 bits per heavy atom. The lowest BCUT2D eigenvalue weighted by Gasteiger charge is -2.16. The Morgan fingerprint density at radius 2 is 1.69 bits per heavy atom. The van der Waals surface area contributed by atoms with Crippen molar-refractivity contribution in [3.8, 4) is 0 Å². The van der Waals surface area contributed by atoms with Gasteiger partial charge in [-0.1, -0.05) is 26.0 Å². The molecule has 0 saturated carbocycles. The van der Waals surface area contributed by atoms with E-state index in [2.05, 4.69) is 26.1 Å². The van der Waals surface area contributed by atoms with Gasteiger partial charge in [0.1, 0.15) is 5.82 Å². The zero-order chi connectivity index (χ0) is 9.84. The van der Waals surface area contributed by atoms with E-state index in [4.69, 9.17) is 0 Å². The predicted octanol–water partition coefficient (Wildman–Crippen LogP) is 3.13. The molecule has 0 unspecified atom stereocenters. The Hall–Kier alpha value is -0.890. The van der Waals surface area contributed by atoms with Gasteiger partial charge in [-0.15, -0.1) is 0 Å². The molecule has 0 fully saturated rings. The average molecular weight is 183 g/mol. The maximum absolute atomic E-state index is 12.6. The Kier molecular flexibility index (Phi) is 3.43. The van der Waals surface area contributed by atoms with Crippen LogP contribution in [0, 0.1) is 5.82 Å². The summed E-state index contributed by atoms with van der Waals surface area (Å²) in [7, 11) is 0. The van der Waals surface area contributed by atoms with Crippen molar-refractivity contribution in [1.82, 2.24) is 5.32 Å². The summed E-state index contributed by atoms with van der Waals surface area (Å²) in [6.07, 6.45) is 0. The molecule has 0 radical (unpaired) electrons. The first-order chi connectivity index (χ1) is 6.09. The SMILES string of the molecule is CC(C)N[C@@H](C)c1ccc(F)cc1.[HH]. The first kappa shape index (κ1) is 10.2. The molecule has 0 saturated heterocycles. The van der Waals surface area contributed by atoms with Gasteiger partial charge in [-0.25, -0.2) is 4.39 Å². The van der Waals surface area contributed by atoms with Gasteiger partial charge in [-0.3, -0.25) is 0 Å². The highest BCUT2D eigenvalue weighted by Gasteiger charge is 2.05. The third-order valence-electron chi connectivity index (χ3n) is 1.95. The van der Waals surface area contributed by atoms with E-state index in [1.54, 1.807) is 0 Å². The van der Waals surface area contributed by atoms with Crippen LogP contribution in [0.2, 0.25) is 0 Å². The molecule has 0 aliphatic carbocycles. The van der Waals surface area contributed by atoms with Crippen molar-refractivity contribution < 1.29 is 5.82 Å². The van der Waals surface area contributed by atoms with E-state index in [1.165, 1.54) is 12.1 Å². The molecular formula is C11H18FN. The van der Waals surface area contributed by atoms with Crippen LogP contribution in [-0.2, 0) is 0 Å². The van der Waals surface area contributed by atoms with Gasteiger partial charge in [0.25, 0.3) is 0 Å². The molecule has 0 spiro atoms. The highest BCUT2D eigenvalue weighted by molar-refractivity contribution is 5.19. The van der Waals surface area contributed by atoms with Crippen LogP contribution >= 0.6 is 0 Å². The van der Waals surface area contributed by atoms with E-state index >= 15 is 0 Å². The molecule has 2 heteroatoms. The van der Waals surface area contributed by atoms with Gasteiger partial charge >= 0.3 is 0 Å². The van der Waals surface area contributed by atoms with Gasteiger partial charge < -0.3 is 5.32 Å². The van der Waals surface area contributed by atoms with Crippen LogP contribution in [0.5, 0.6) is 0 Å². The van der Waals surface area contributed by atoms with E-state index in [0.29, 0.717) is 6.04 Å². The minimum atomic E-state index is -0.180. The van der Waals surface area contributed by atoms with E-state index in [1.807, 2.05) is 12.1 Å². The topological polar surface area (TPSA) is 12.0 Å². The fraction of sp³-hybridized carbons (Fsp3) is 0.455. The lowest BCUT2D eigenvalue weighted by Crippen LogP contribution is -2.25. The van der Waals surface area contributed by atoms with Gasteiger partial charge in [0, 0.05) is 13.5 Å². The molecule has 1 nitrogen and oxygen atoms in total. The van der Waals surface area contributed by atoms with Gasteiger partial charge in [0.2, 0.25) is 0 Å². The normalized spacial score (nSPS) is 13.3. The molecule has 13 heavy (non-hydrogen) atoms. The maximum atomic E-state index is 12.6. The second-order valence-corrected chi connectivity index (χ2v) is 3.59. The van der Waals surface area contributed by atoms with Crippen molar-refractivity contribution in [2.24, 2.45) is 0 Å². The zero-order valence-electron chi connectivity index (χ0n) is 8.34. The summed E-state index contributed by atoms with van der Waals surface area (Å²) in [5, 5.41) is 3.36. The quantitative estimate of drug-likeness (QED) is 0.759. The second-order valence-electron chi connectivity index (χ2n) is 3.59. The molecule has 74 valence electrons. The first-order valence-electron chi connectivity index (χ1n) is 4.61. The molecule has 0 aromatic heterocycles. The van der Waals surface area contributed by atoms with E-state index in [9.17, 15) is 4.39 Å². The van der Waals surface area contributed by atoms with Gasteiger partial charge in [-0.2, -0.15) is 0 Å². The molecule has 1 N–H and O–H groups in total. The molecule has 0 bridgehead atoms. The number of halogens is 1. The zero-order valence-corrected chi connectivity index (χ0v) is 8.34. The van der Waals surface area contributed by atoms with Crippen molar-refractivity contribution in [2.45, 2.75) is 32.9 Å². The summed E-state index contributed by atoms with van der Waals surface area (Å²) in [4.78, 5) is 0. The summed E-state index contributed by atoms with van der Waals surface area (Å²) in [5.41, 5.74) is 1.12. The smallest absolute Gasteiger partial charge is 0.123 e. The fourth-order valence-electron chi connectivity index (χ4n) is 1.35. The van der Waals surface area contributed by atoms with Crippen LogP contribution in [0.3, 0.4) is 0 Å². The number of hydrogen-bond donors (Lipinski definition) is 1. The molecule has 0 heterocycles. The van der Waals surface area contributed by atoms with Crippen molar-refractivity contribution in [1.29, 1.82) is 0 Å². The second kappa shape index (κ2) is 4.38. The van der Waals surface area contributed by atoms with Crippen LogP contribution in [0.1, 0.15) is 33.8 Å². The van der Waals surface area contributed by atoms with Crippen LogP contribution in [0.25, 0.3) is 0 Å². The Labute approximate surface area is 80.5 Å². The predicted molar refractivity (Wildman–Crippen MR) is 55.2 cm³/mol. The first-order valence-corrected chi connectivity index (χ1v) is 4.61. The lowest BCUT2D eigenvalue weighted by atomic mass is 10.1. The van der Waals surface area contributed by atoms with Crippen LogP contribution in [0.4, 0.5) is 4.39 Å². The van der Waals surface area contributed by atoms with Gasteiger partial charge in [0.15, 0.2) is 0 Å². The van der Waals surface area contributed by atoms with Crippen molar-refractivity contribution in [2.75, 3.05) is 0 Å². The Bertz CT molecular complexity index is 258. The highest BCUT2D eigenvalue weighted by Crippen LogP contribution is 2.13. The van der Waals surface area contributed by atoms with Crippen LogP contribution < -0.4 is 5.32 Å². The lowest BCUT2D eigenvalue weighted by molar-refractivity contribution is 0.505. The summed E-state index contributed by atoms with van der Waals surface area (Å²) in [5.74, 6) is -0.180. The van der Waals surface area contributed by atoms with Crippen molar-refractivity contribution in [3.63, 3.8) is 0 Å². The molecule has 0 aliphatic rings. The third kappa shape index (κ3) is 3.15. The Balaban J connectivity index is 0.00000169. The number of nitrogens with one attached hydrogen (secondary N) is 1. The summed E-state index contributed by atoms with van der Waals surface area (Å²) in [6.45, 7) is 6.27. The minimum absolute atomic E-state index is 0. The van der Waals surface area contributed by atoms with Crippen molar-refractivity contribution >= 4 is 0 Å². The number of rotatable bonds is 3. The highest BCUT2D eigenvalue weighted by atomic mass is 19.1. The molecule has 0 amide bonds. The van der Waals surface area contributed by atoms with E-state index < -0.39 is 0 Å². The molecule has 1 aromatic carbocycles. The summed E-state index contributed by atoms with van der Waals surface area (Å²) in [6, 6.07) is 7.34. The van der Waals surface area contributed by atoms with Crippen LogP contribution in [-0.4, -0.2) is 6.04 Å².